The first-order valence-corrected chi connectivity index (χ1v) is 7.40. The molecule has 0 spiro atoms. The lowest BCUT2D eigenvalue weighted by Gasteiger charge is -2.20. The molecule has 6 heteroatoms. The third kappa shape index (κ3) is 2.27. The van der Waals surface area contributed by atoms with E-state index in [0.717, 1.165) is 31.0 Å². The Morgan fingerprint density at radius 2 is 2.26 bits per heavy atom. The molecule has 98 valence electrons. The highest BCUT2D eigenvalue weighted by Gasteiger charge is 2.22. The van der Waals surface area contributed by atoms with E-state index in [-0.39, 0.29) is 6.04 Å². The van der Waals surface area contributed by atoms with E-state index in [9.17, 15) is 0 Å². The molecule has 19 heavy (non-hydrogen) atoms. The minimum Gasteiger partial charge on any atom is -0.376 e. The average molecular weight is 384 g/mol. The lowest BCUT2D eigenvalue weighted by molar-refractivity contribution is 0.651. The molecular weight excluding hydrogens is 371 g/mol. The lowest BCUT2D eigenvalue weighted by Crippen LogP contribution is -2.22. The Morgan fingerprint density at radius 1 is 1.47 bits per heavy atom. The molecule has 0 bridgehead atoms. The number of thiol groups is 1. The molecule has 1 N–H and O–H groups in total. The molecule has 4 nitrogen and oxygen atoms in total. The van der Waals surface area contributed by atoms with E-state index >= 15 is 0 Å². The van der Waals surface area contributed by atoms with Gasteiger partial charge in [0.15, 0.2) is 5.65 Å². The van der Waals surface area contributed by atoms with Crippen molar-refractivity contribution in [2.24, 2.45) is 7.05 Å². The van der Waals surface area contributed by atoms with Gasteiger partial charge in [0.25, 0.3) is 0 Å². The molecule has 0 saturated carbocycles. The molecule has 1 aliphatic heterocycles. The van der Waals surface area contributed by atoms with Crippen LogP contribution in [0.25, 0.3) is 11.2 Å². The second-order valence-corrected chi connectivity index (χ2v) is 6.34. The number of aromatic nitrogens is 3. The summed E-state index contributed by atoms with van der Waals surface area (Å²) in [5.74, 6) is 0.925. The van der Waals surface area contributed by atoms with Gasteiger partial charge in [0.2, 0.25) is 0 Å². The standard InChI is InChI=1S/C13H13IN4S/c1-7-3-9-12(16-5-7)18(2)13(17-9)11-10(19)4-8(14)6-15-11/h3-6,11,15,19H,1-2H3. The van der Waals surface area contributed by atoms with E-state index in [1.165, 1.54) is 0 Å². The number of aryl methyl sites for hydroxylation is 2. The van der Waals surface area contributed by atoms with Crippen LogP contribution in [0.3, 0.4) is 0 Å². The number of dihydropyridines is 1. The summed E-state index contributed by atoms with van der Waals surface area (Å²) in [6.07, 6.45) is 5.88. The first-order valence-electron chi connectivity index (χ1n) is 5.87. The highest BCUT2D eigenvalue weighted by atomic mass is 127. The van der Waals surface area contributed by atoms with Crippen LogP contribution >= 0.6 is 35.2 Å². The number of imidazole rings is 1. The monoisotopic (exact) mass is 384 g/mol. The van der Waals surface area contributed by atoms with Crippen molar-refractivity contribution in [3.05, 3.63) is 44.4 Å². The minimum atomic E-state index is -0.0126. The normalized spacial score (nSPS) is 19.1. The van der Waals surface area contributed by atoms with Crippen LogP contribution in [-0.4, -0.2) is 14.5 Å². The third-order valence-electron chi connectivity index (χ3n) is 3.11. The number of halogens is 1. The van der Waals surface area contributed by atoms with Gasteiger partial charge >= 0.3 is 0 Å². The molecule has 0 fully saturated rings. The van der Waals surface area contributed by atoms with Gasteiger partial charge in [0.05, 0.1) is 0 Å². The zero-order chi connectivity index (χ0) is 13.6. The Labute approximate surface area is 130 Å². The van der Waals surface area contributed by atoms with Gasteiger partial charge in [-0.25, -0.2) is 9.97 Å². The quantitative estimate of drug-likeness (QED) is 0.587. The van der Waals surface area contributed by atoms with Crippen LogP contribution in [-0.2, 0) is 7.05 Å². The van der Waals surface area contributed by atoms with Crippen molar-refractivity contribution in [2.45, 2.75) is 13.0 Å². The first kappa shape index (κ1) is 13.0. The highest BCUT2D eigenvalue weighted by molar-refractivity contribution is 14.1. The minimum absolute atomic E-state index is 0.0126. The Morgan fingerprint density at radius 3 is 3.00 bits per heavy atom. The number of nitrogens with zero attached hydrogens (tertiary/aromatic N) is 3. The predicted octanol–water partition coefficient (Wildman–Crippen LogP) is 3.01. The Hall–Kier alpha value is -1.02. The van der Waals surface area contributed by atoms with E-state index in [1.807, 2.05) is 37.0 Å². The highest BCUT2D eigenvalue weighted by Crippen LogP contribution is 2.31. The fourth-order valence-corrected chi connectivity index (χ4v) is 3.26. The molecular formula is C13H13IN4S. The second kappa shape index (κ2) is 4.82. The molecule has 0 aliphatic carbocycles. The van der Waals surface area contributed by atoms with E-state index in [0.29, 0.717) is 0 Å². The zero-order valence-corrected chi connectivity index (χ0v) is 13.6. The average Bonchev–Trinajstić information content (AvgIpc) is 2.66. The molecule has 3 heterocycles. The summed E-state index contributed by atoms with van der Waals surface area (Å²) in [6.45, 7) is 2.02. The summed E-state index contributed by atoms with van der Waals surface area (Å²) < 4.78 is 3.15. The smallest absolute Gasteiger partial charge is 0.159 e. The topological polar surface area (TPSA) is 42.7 Å². The third-order valence-corrected chi connectivity index (χ3v) is 4.12. The van der Waals surface area contributed by atoms with Crippen molar-refractivity contribution in [1.82, 2.24) is 19.9 Å². The number of nitrogens with one attached hydrogen (secondary N) is 1. The summed E-state index contributed by atoms with van der Waals surface area (Å²) in [7, 11) is 1.99. The summed E-state index contributed by atoms with van der Waals surface area (Å²) in [5.41, 5.74) is 2.93. The van der Waals surface area contributed by atoms with Crippen LogP contribution in [0.1, 0.15) is 17.4 Å². The number of hydrogen-bond acceptors (Lipinski definition) is 4. The fourth-order valence-electron chi connectivity index (χ4n) is 2.17. The van der Waals surface area contributed by atoms with Crippen molar-refractivity contribution >= 4 is 46.4 Å². The maximum atomic E-state index is 4.69. The van der Waals surface area contributed by atoms with Gasteiger partial charge in [0.1, 0.15) is 17.4 Å². The molecule has 0 saturated heterocycles. The SMILES string of the molecule is Cc1cnc2c(c1)nc(C1NC=C(I)C=C1S)n2C. The van der Waals surface area contributed by atoms with Gasteiger partial charge in [-0.3, -0.25) is 0 Å². The zero-order valence-electron chi connectivity index (χ0n) is 10.6. The summed E-state index contributed by atoms with van der Waals surface area (Å²) in [6, 6.07) is 2.04. The van der Waals surface area contributed by atoms with Gasteiger partial charge in [0, 0.05) is 27.9 Å². The summed E-state index contributed by atoms with van der Waals surface area (Å²) >= 11 is 6.82. The van der Waals surface area contributed by atoms with Gasteiger partial charge < -0.3 is 9.88 Å². The number of hydrogen-bond donors (Lipinski definition) is 2. The van der Waals surface area contributed by atoms with Gasteiger partial charge in [-0.05, 0) is 47.2 Å². The number of fused-ring (bicyclic) bond motifs is 1. The van der Waals surface area contributed by atoms with Crippen molar-refractivity contribution in [2.75, 3.05) is 0 Å². The van der Waals surface area contributed by atoms with Gasteiger partial charge in [-0.2, -0.15) is 0 Å². The largest absolute Gasteiger partial charge is 0.376 e. The Bertz CT molecular complexity index is 717. The fraction of sp³-hybridized carbons (Fsp3) is 0.231. The molecule has 1 unspecified atom stereocenters. The van der Waals surface area contributed by atoms with Crippen molar-refractivity contribution in [1.29, 1.82) is 0 Å². The first-order chi connectivity index (χ1) is 9.06. The van der Waals surface area contributed by atoms with Gasteiger partial charge in [-0.1, -0.05) is 0 Å². The maximum absolute atomic E-state index is 4.69. The Balaban J connectivity index is 2.11. The molecule has 0 amide bonds. The van der Waals surface area contributed by atoms with E-state index in [4.69, 9.17) is 0 Å². The number of pyridine rings is 1. The molecule has 0 radical (unpaired) electrons. The number of allylic oxidation sites excluding steroid dienone is 2. The van der Waals surface area contributed by atoms with E-state index in [1.54, 1.807) is 0 Å². The molecule has 0 aromatic carbocycles. The van der Waals surface area contributed by atoms with Crippen molar-refractivity contribution in [3.63, 3.8) is 0 Å². The lowest BCUT2D eigenvalue weighted by atomic mass is 10.2. The van der Waals surface area contributed by atoms with Crippen LogP contribution < -0.4 is 5.32 Å². The van der Waals surface area contributed by atoms with Crippen LogP contribution in [0.2, 0.25) is 0 Å². The molecule has 3 rings (SSSR count). The van der Waals surface area contributed by atoms with E-state index < -0.39 is 0 Å². The molecule has 1 atom stereocenters. The van der Waals surface area contributed by atoms with Gasteiger partial charge in [-0.15, -0.1) is 12.6 Å². The van der Waals surface area contributed by atoms with Crippen LogP contribution in [0.15, 0.2) is 33.0 Å². The summed E-state index contributed by atoms with van der Waals surface area (Å²) in [4.78, 5) is 10.1. The van der Waals surface area contributed by atoms with Crippen molar-refractivity contribution < 1.29 is 0 Å². The molecule has 2 aromatic heterocycles. The van der Waals surface area contributed by atoms with Crippen molar-refractivity contribution in [3.8, 4) is 0 Å². The van der Waals surface area contributed by atoms with Crippen LogP contribution in [0, 0.1) is 6.92 Å². The molecule has 1 aliphatic rings. The van der Waals surface area contributed by atoms with Crippen LogP contribution in [0.5, 0.6) is 0 Å². The second-order valence-electron chi connectivity index (χ2n) is 4.58. The van der Waals surface area contributed by atoms with E-state index in [2.05, 4.69) is 56.6 Å². The van der Waals surface area contributed by atoms with Crippen LogP contribution in [0.4, 0.5) is 0 Å². The maximum Gasteiger partial charge on any atom is 0.159 e. The predicted molar refractivity (Wildman–Crippen MR) is 88.3 cm³/mol. The summed E-state index contributed by atoms with van der Waals surface area (Å²) in [5, 5.41) is 3.33. The number of rotatable bonds is 1. The Kier molecular flexibility index (Phi) is 3.30. The molecule has 2 aromatic rings.